The molecule has 0 spiro atoms. The van der Waals surface area contributed by atoms with Gasteiger partial charge in [0, 0.05) is 5.56 Å². The van der Waals surface area contributed by atoms with E-state index in [2.05, 4.69) is 9.97 Å². The van der Waals surface area contributed by atoms with Crippen LogP contribution in [0.1, 0.15) is 32.2 Å². The fraction of sp³-hybridized carbons (Fsp3) is 0.556. The predicted molar refractivity (Wildman–Crippen MR) is 54.3 cm³/mol. The Morgan fingerprint density at radius 2 is 1.38 bits per heavy atom. The van der Waals surface area contributed by atoms with Crippen LogP contribution in [0.15, 0.2) is 0 Å². The maximum absolute atomic E-state index is 5.78. The molecule has 0 bridgehead atoms. The number of hydrogen-bond acceptors (Lipinski definition) is 4. The van der Waals surface area contributed by atoms with Crippen LogP contribution in [0.2, 0.25) is 0 Å². The number of anilines is 2. The number of nitrogens with zero attached hydrogens (tertiary/aromatic N) is 2. The average Bonchev–Trinajstić information content (AvgIpc) is 1.78. The summed E-state index contributed by atoms with van der Waals surface area (Å²) in [5, 5.41) is 0. The highest BCUT2D eigenvalue weighted by atomic mass is 15.0. The van der Waals surface area contributed by atoms with Gasteiger partial charge < -0.3 is 11.5 Å². The topological polar surface area (TPSA) is 77.8 Å². The summed E-state index contributed by atoms with van der Waals surface area (Å²) in [5.41, 5.74) is 12.3. The molecule has 4 nitrogen and oxygen atoms in total. The van der Waals surface area contributed by atoms with Gasteiger partial charge in [-0.05, 0) is 12.3 Å². The first-order valence-corrected chi connectivity index (χ1v) is 4.22. The van der Waals surface area contributed by atoms with Gasteiger partial charge in [-0.2, -0.15) is 0 Å². The van der Waals surface area contributed by atoms with E-state index in [1.807, 2.05) is 20.8 Å². The Balaban J connectivity index is 3.38. The van der Waals surface area contributed by atoms with E-state index < -0.39 is 0 Å². The molecule has 0 fully saturated rings. The maximum atomic E-state index is 5.78. The van der Waals surface area contributed by atoms with E-state index in [0.717, 1.165) is 5.56 Å². The highest BCUT2D eigenvalue weighted by Gasteiger charge is 2.22. The summed E-state index contributed by atoms with van der Waals surface area (Å²) in [6.45, 7) is 7.88. The zero-order valence-corrected chi connectivity index (χ0v) is 8.55. The van der Waals surface area contributed by atoms with Gasteiger partial charge >= 0.3 is 0 Å². The van der Waals surface area contributed by atoms with Crippen LogP contribution in [0, 0.1) is 6.92 Å². The quantitative estimate of drug-likeness (QED) is 0.629. The van der Waals surface area contributed by atoms with Crippen LogP contribution >= 0.6 is 0 Å². The van der Waals surface area contributed by atoms with Crippen molar-refractivity contribution < 1.29 is 0 Å². The van der Waals surface area contributed by atoms with E-state index >= 15 is 0 Å². The summed E-state index contributed by atoms with van der Waals surface area (Å²) in [6.07, 6.45) is 0. The Hall–Kier alpha value is -1.32. The van der Waals surface area contributed by atoms with Crippen molar-refractivity contribution in [2.75, 3.05) is 11.5 Å². The molecule has 1 rings (SSSR count). The second-order valence-electron chi connectivity index (χ2n) is 4.17. The Bertz CT molecular complexity index is 302. The lowest BCUT2D eigenvalue weighted by atomic mass is 9.87. The molecular weight excluding hydrogens is 164 g/mol. The molecule has 13 heavy (non-hydrogen) atoms. The van der Waals surface area contributed by atoms with E-state index in [4.69, 9.17) is 11.5 Å². The van der Waals surface area contributed by atoms with Crippen molar-refractivity contribution in [3.8, 4) is 0 Å². The van der Waals surface area contributed by atoms with E-state index in [1.54, 1.807) is 6.92 Å². The van der Waals surface area contributed by atoms with Crippen molar-refractivity contribution in [2.24, 2.45) is 0 Å². The largest absolute Gasteiger partial charge is 0.383 e. The van der Waals surface area contributed by atoms with Gasteiger partial charge in [0.2, 0.25) is 0 Å². The molecule has 0 aliphatic heterocycles. The van der Waals surface area contributed by atoms with Crippen LogP contribution in [0.4, 0.5) is 11.6 Å². The molecule has 0 aromatic carbocycles. The molecule has 0 aliphatic rings. The summed E-state index contributed by atoms with van der Waals surface area (Å²) in [6, 6.07) is 0. The van der Waals surface area contributed by atoms with Crippen molar-refractivity contribution in [1.29, 1.82) is 0 Å². The molecule has 0 atom stereocenters. The van der Waals surface area contributed by atoms with E-state index in [0.29, 0.717) is 17.5 Å². The van der Waals surface area contributed by atoms with Crippen molar-refractivity contribution >= 4 is 11.6 Å². The first-order valence-electron chi connectivity index (χ1n) is 4.22. The Kier molecular flexibility index (Phi) is 2.15. The molecule has 0 amide bonds. The fourth-order valence-electron chi connectivity index (χ4n) is 1.39. The van der Waals surface area contributed by atoms with E-state index in [1.165, 1.54) is 0 Å². The number of hydrogen-bond donors (Lipinski definition) is 2. The molecule has 1 aromatic heterocycles. The third-order valence-corrected chi connectivity index (χ3v) is 1.83. The smallest absolute Gasteiger partial charge is 0.132 e. The van der Waals surface area contributed by atoms with Crippen LogP contribution in [-0.2, 0) is 5.41 Å². The highest BCUT2D eigenvalue weighted by Crippen LogP contribution is 2.30. The van der Waals surface area contributed by atoms with Crippen molar-refractivity contribution in [3.05, 3.63) is 11.4 Å². The Morgan fingerprint density at radius 1 is 1.00 bits per heavy atom. The minimum Gasteiger partial charge on any atom is -0.383 e. The normalized spacial score (nSPS) is 11.7. The van der Waals surface area contributed by atoms with Gasteiger partial charge in [0.05, 0.1) is 0 Å². The van der Waals surface area contributed by atoms with Crippen molar-refractivity contribution in [1.82, 2.24) is 9.97 Å². The van der Waals surface area contributed by atoms with Crippen LogP contribution in [0.25, 0.3) is 0 Å². The second kappa shape index (κ2) is 2.87. The summed E-state index contributed by atoms with van der Waals surface area (Å²) >= 11 is 0. The lowest BCUT2D eigenvalue weighted by Crippen LogP contribution is -2.19. The van der Waals surface area contributed by atoms with Gasteiger partial charge in [-0.3, -0.25) is 0 Å². The van der Waals surface area contributed by atoms with E-state index in [9.17, 15) is 0 Å². The Morgan fingerprint density at radius 3 is 1.69 bits per heavy atom. The van der Waals surface area contributed by atoms with Gasteiger partial charge in [-0.1, -0.05) is 20.8 Å². The highest BCUT2D eigenvalue weighted by molar-refractivity contribution is 5.56. The minimum atomic E-state index is -0.109. The lowest BCUT2D eigenvalue weighted by Gasteiger charge is -2.21. The molecule has 0 unspecified atom stereocenters. The summed E-state index contributed by atoms with van der Waals surface area (Å²) < 4.78 is 0. The molecule has 0 saturated heterocycles. The average molecular weight is 180 g/mol. The monoisotopic (exact) mass is 180 g/mol. The minimum absolute atomic E-state index is 0.109. The molecular formula is C9H16N4. The zero-order valence-electron chi connectivity index (χ0n) is 8.55. The first-order chi connectivity index (χ1) is 5.82. The summed E-state index contributed by atoms with van der Waals surface area (Å²) in [5.74, 6) is 1.58. The maximum Gasteiger partial charge on any atom is 0.132 e. The third-order valence-electron chi connectivity index (χ3n) is 1.83. The summed E-state index contributed by atoms with van der Waals surface area (Å²) in [7, 11) is 0. The number of aromatic nitrogens is 2. The van der Waals surface area contributed by atoms with Crippen LogP contribution < -0.4 is 11.5 Å². The van der Waals surface area contributed by atoms with E-state index in [-0.39, 0.29) is 5.41 Å². The van der Waals surface area contributed by atoms with Gasteiger partial charge in [0.25, 0.3) is 0 Å². The molecule has 0 saturated carbocycles. The lowest BCUT2D eigenvalue weighted by molar-refractivity contribution is 0.589. The van der Waals surface area contributed by atoms with Crippen molar-refractivity contribution in [2.45, 2.75) is 33.1 Å². The number of aryl methyl sites for hydroxylation is 1. The van der Waals surface area contributed by atoms with Gasteiger partial charge in [-0.25, -0.2) is 9.97 Å². The van der Waals surface area contributed by atoms with Crippen LogP contribution in [0.3, 0.4) is 0 Å². The molecule has 4 heteroatoms. The van der Waals surface area contributed by atoms with Crippen LogP contribution in [0.5, 0.6) is 0 Å². The molecule has 72 valence electrons. The van der Waals surface area contributed by atoms with Gasteiger partial charge in [0.15, 0.2) is 0 Å². The molecule has 1 aromatic rings. The standard InChI is InChI=1S/C9H16N4/c1-5-12-7(10)6(8(11)13-5)9(2,3)4/h1-4H3,(H4,10,11,12,13). The number of rotatable bonds is 0. The number of nitrogen functional groups attached to an aromatic ring is 2. The Labute approximate surface area is 78.4 Å². The SMILES string of the molecule is Cc1nc(N)c(C(C)(C)C)c(N)n1. The van der Waals surface area contributed by atoms with Gasteiger partial charge in [-0.15, -0.1) is 0 Å². The van der Waals surface area contributed by atoms with Gasteiger partial charge in [0.1, 0.15) is 17.5 Å². The molecule has 0 aliphatic carbocycles. The molecule has 1 heterocycles. The molecule has 4 N–H and O–H groups in total. The first kappa shape index (κ1) is 9.77. The number of nitrogens with two attached hydrogens (primary N) is 2. The summed E-state index contributed by atoms with van der Waals surface area (Å²) in [4.78, 5) is 8.18. The molecule has 0 radical (unpaired) electrons. The zero-order chi connectivity index (χ0) is 10.2. The van der Waals surface area contributed by atoms with Crippen LogP contribution in [-0.4, -0.2) is 9.97 Å². The third kappa shape index (κ3) is 1.88. The predicted octanol–water partition coefficient (Wildman–Crippen LogP) is 1.25. The van der Waals surface area contributed by atoms with Crippen molar-refractivity contribution in [3.63, 3.8) is 0 Å². The fourth-order valence-corrected chi connectivity index (χ4v) is 1.39. The second-order valence-corrected chi connectivity index (χ2v) is 4.17.